The van der Waals surface area contributed by atoms with Crippen molar-refractivity contribution < 1.29 is 0 Å². The van der Waals surface area contributed by atoms with E-state index in [-0.39, 0.29) is 0 Å². The molecule has 0 amide bonds. The van der Waals surface area contributed by atoms with Crippen LogP contribution in [0.15, 0.2) is 23.1 Å². The van der Waals surface area contributed by atoms with Crippen molar-refractivity contribution >= 4 is 56.6 Å². The number of benzene rings is 1. The van der Waals surface area contributed by atoms with E-state index in [0.29, 0.717) is 0 Å². The minimum absolute atomic E-state index is 0.737. The first-order valence-corrected chi connectivity index (χ1v) is 5.87. The fraction of sp³-hybridized carbons (Fsp3) is 0. The average Bonchev–Trinajstić information content (AvgIpc) is 2.48. The lowest BCUT2D eigenvalue weighted by atomic mass is 10.2. The van der Waals surface area contributed by atoms with Gasteiger partial charge >= 0.3 is 0 Å². The van der Waals surface area contributed by atoms with Crippen LogP contribution in [0.1, 0.15) is 5.56 Å². The highest BCUT2D eigenvalue weighted by Gasteiger charge is 2.06. The van der Waals surface area contributed by atoms with E-state index in [1.54, 1.807) is 11.3 Å². The normalized spacial score (nSPS) is 10.2. The van der Waals surface area contributed by atoms with Crippen LogP contribution in [0.4, 0.5) is 0 Å². The Kier molecular flexibility index (Phi) is 2.49. The number of thiol groups is 1. The van der Waals surface area contributed by atoms with E-state index in [1.807, 2.05) is 12.1 Å². The van der Waals surface area contributed by atoms with E-state index < -0.39 is 0 Å². The minimum atomic E-state index is 0.737. The maximum atomic E-state index is 8.87. The Balaban J connectivity index is 2.94. The molecule has 0 saturated carbocycles. The zero-order valence-corrected chi connectivity index (χ0v) is 10.3. The van der Waals surface area contributed by atoms with Gasteiger partial charge in [-0.1, -0.05) is 0 Å². The molecule has 0 spiro atoms. The highest BCUT2D eigenvalue weighted by Crippen LogP contribution is 2.33. The van der Waals surface area contributed by atoms with Crippen LogP contribution in [0, 0.1) is 14.2 Å². The number of nitriles is 1. The molecule has 1 aromatic carbocycles. The van der Waals surface area contributed by atoms with Gasteiger partial charge in [-0.25, -0.2) is 0 Å². The minimum Gasteiger partial charge on any atom is -0.192 e. The van der Waals surface area contributed by atoms with Crippen LogP contribution in [0.3, 0.4) is 0 Å². The zero-order chi connectivity index (χ0) is 9.42. The van der Waals surface area contributed by atoms with Gasteiger partial charge in [0, 0.05) is 10.3 Å². The maximum absolute atomic E-state index is 8.87. The highest BCUT2D eigenvalue weighted by molar-refractivity contribution is 14.1. The lowest BCUT2D eigenvalue weighted by Crippen LogP contribution is -1.74. The molecule has 0 bridgehead atoms. The van der Waals surface area contributed by atoms with Gasteiger partial charge in [0.1, 0.15) is 6.07 Å². The van der Waals surface area contributed by atoms with Gasteiger partial charge in [0.2, 0.25) is 0 Å². The van der Waals surface area contributed by atoms with Gasteiger partial charge in [-0.3, -0.25) is 0 Å². The third-order valence-electron chi connectivity index (χ3n) is 1.75. The summed E-state index contributed by atoms with van der Waals surface area (Å²) >= 11 is 8.23. The topological polar surface area (TPSA) is 23.8 Å². The molecule has 0 radical (unpaired) electrons. The first-order valence-electron chi connectivity index (χ1n) is 3.53. The molecular weight excluding hydrogens is 313 g/mol. The van der Waals surface area contributed by atoms with Gasteiger partial charge in [0.25, 0.3) is 0 Å². The zero-order valence-electron chi connectivity index (χ0n) is 6.41. The summed E-state index contributed by atoms with van der Waals surface area (Å²) in [5.41, 5.74) is 0.737. The highest BCUT2D eigenvalue weighted by atomic mass is 127. The van der Waals surface area contributed by atoms with Gasteiger partial charge in [-0.05, 0) is 40.8 Å². The number of hydrogen-bond acceptors (Lipinski definition) is 3. The van der Waals surface area contributed by atoms with Crippen molar-refractivity contribution in [3.8, 4) is 6.07 Å². The molecule has 0 N–H and O–H groups in total. The molecule has 13 heavy (non-hydrogen) atoms. The van der Waals surface area contributed by atoms with Crippen molar-refractivity contribution in [2.75, 3.05) is 0 Å². The Morgan fingerprint density at radius 3 is 2.92 bits per heavy atom. The SMILES string of the molecule is N#Cc1ccc(S)c2cc(I)sc12. The van der Waals surface area contributed by atoms with E-state index >= 15 is 0 Å². The summed E-state index contributed by atoms with van der Waals surface area (Å²) in [5.74, 6) is 0. The molecule has 0 aliphatic carbocycles. The predicted molar refractivity (Wildman–Crippen MR) is 66.5 cm³/mol. The maximum Gasteiger partial charge on any atom is 0.101 e. The molecule has 2 rings (SSSR count). The van der Waals surface area contributed by atoms with Crippen LogP contribution in [0.2, 0.25) is 0 Å². The Morgan fingerprint density at radius 1 is 1.46 bits per heavy atom. The molecule has 1 heterocycles. The number of fused-ring (bicyclic) bond motifs is 1. The third kappa shape index (κ3) is 1.56. The summed E-state index contributed by atoms with van der Waals surface area (Å²) in [6.45, 7) is 0. The number of hydrogen-bond donors (Lipinski definition) is 1. The van der Waals surface area contributed by atoms with Gasteiger partial charge in [0.05, 0.1) is 13.1 Å². The van der Waals surface area contributed by atoms with Crippen LogP contribution in [0.25, 0.3) is 10.1 Å². The first-order chi connectivity index (χ1) is 6.22. The predicted octanol–water partition coefficient (Wildman–Crippen LogP) is 3.67. The quantitative estimate of drug-likeness (QED) is 0.582. The molecule has 1 aromatic heterocycles. The van der Waals surface area contributed by atoms with Crippen LogP contribution < -0.4 is 0 Å². The number of rotatable bonds is 0. The number of halogens is 1. The molecule has 1 nitrogen and oxygen atoms in total. The average molecular weight is 317 g/mol. The van der Waals surface area contributed by atoms with Crippen molar-refractivity contribution in [3.63, 3.8) is 0 Å². The Morgan fingerprint density at radius 2 is 2.23 bits per heavy atom. The second kappa shape index (κ2) is 3.48. The molecule has 0 unspecified atom stereocenters. The van der Waals surface area contributed by atoms with Crippen molar-refractivity contribution in [1.29, 1.82) is 5.26 Å². The van der Waals surface area contributed by atoms with E-state index in [1.165, 1.54) is 2.88 Å². The van der Waals surface area contributed by atoms with Gasteiger partial charge in [0.15, 0.2) is 0 Å². The van der Waals surface area contributed by atoms with Crippen LogP contribution in [-0.4, -0.2) is 0 Å². The van der Waals surface area contributed by atoms with E-state index in [0.717, 1.165) is 20.5 Å². The van der Waals surface area contributed by atoms with Gasteiger partial charge in [-0.2, -0.15) is 5.26 Å². The van der Waals surface area contributed by atoms with Gasteiger partial charge < -0.3 is 0 Å². The molecule has 0 saturated heterocycles. The fourth-order valence-electron chi connectivity index (χ4n) is 1.17. The molecule has 0 aliphatic rings. The van der Waals surface area contributed by atoms with Crippen LogP contribution in [0.5, 0.6) is 0 Å². The van der Waals surface area contributed by atoms with E-state index in [4.69, 9.17) is 5.26 Å². The Labute approximate surface area is 98.9 Å². The fourth-order valence-corrected chi connectivity index (χ4v) is 3.34. The lowest BCUT2D eigenvalue weighted by Gasteiger charge is -1.95. The molecule has 2 aromatic rings. The van der Waals surface area contributed by atoms with Crippen molar-refractivity contribution in [3.05, 3.63) is 26.6 Å². The Hall–Kier alpha value is -0.250. The first kappa shape index (κ1) is 9.31. The van der Waals surface area contributed by atoms with Gasteiger partial charge in [-0.15, -0.1) is 24.0 Å². The van der Waals surface area contributed by atoms with Crippen molar-refractivity contribution in [1.82, 2.24) is 0 Å². The lowest BCUT2D eigenvalue weighted by molar-refractivity contribution is 1.49. The molecule has 0 aliphatic heterocycles. The smallest absolute Gasteiger partial charge is 0.101 e. The van der Waals surface area contributed by atoms with E-state index in [2.05, 4.69) is 47.4 Å². The summed E-state index contributed by atoms with van der Waals surface area (Å²) in [6, 6.07) is 7.93. The molecule has 0 fully saturated rings. The number of thiophene rings is 1. The second-order valence-electron chi connectivity index (χ2n) is 2.54. The third-order valence-corrected chi connectivity index (χ3v) is 4.07. The summed E-state index contributed by atoms with van der Waals surface area (Å²) in [6.07, 6.45) is 0. The standard InChI is InChI=1S/C9H4INS2/c10-8-3-6-7(12)2-1-5(4-11)9(6)13-8/h1-3,12H. The Bertz CT molecular complexity index is 510. The molecule has 64 valence electrons. The van der Waals surface area contributed by atoms with Crippen LogP contribution in [-0.2, 0) is 0 Å². The van der Waals surface area contributed by atoms with E-state index in [9.17, 15) is 0 Å². The number of nitrogens with zero attached hydrogens (tertiary/aromatic N) is 1. The summed E-state index contributed by atoms with van der Waals surface area (Å²) < 4.78 is 2.23. The second-order valence-corrected chi connectivity index (χ2v) is 5.97. The monoisotopic (exact) mass is 317 g/mol. The van der Waals surface area contributed by atoms with Crippen molar-refractivity contribution in [2.24, 2.45) is 0 Å². The van der Waals surface area contributed by atoms with Crippen molar-refractivity contribution in [2.45, 2.75) is 4.90 Å². The summed E-state index contributed by atoms with van der Waals surface area (Å²) in [5, 5.41) is 9.95. The molecule has 0 atom stereocenters. The summed E-state index contributed by atoms with van der Waals surface area (Å²) in [4.78, 5) is 0.938. The molecule has 4 heteroatoms. The summed E-state index contributed by atoms with van der Waals surface area (Å²) in [7, 11) is 0. The van der Waals surface area contributed by atoms with Crippen LogP contribution >= 0.6 is 46.6 Å². The molecular formula is C9H4INS2. The largest absolute Gasteiger partial charge is 0.192 e.